The Bertz CT molecular complexity index is 911. The minimum Gasteiger partial charge on any atom is -0.394 e. The van der Waals surface area contributed by atoms with Crippen molar-refractivity contribution in [2.75, 3.05) is 13.2 Å². The van der Waals surface area contributed by atoms with Crippen LogP contribution in [0.1, 0.15) is 245 Å². The van der Waals surface area contributed by atoms with Gasteiger partial charge in [-0.2, -0.15) is 0 Å². The Kier molecular flexibility index (Phi) is 38.0. The lowest BCUT2D eigenvalue weighted by atomic mass is 9.98. The van der Waals surface area contributed by atoms with Gasteiger partial charge in [-0.3, -0.25) is 4.79 Å². The Labute approximate surface area is 362 Å². The number of aliphatic hydroxyl groups is 6. The summed E-state index contributed by atoms with van der Waals surface area (Å²) >= 11 is 0. The first-order valence-electron chi connectivity index (χ1n) is 25.3. The quantitative estimate of drug-likeness (QED) is 0.0296. The fourth-order valence-electron chi connectivity index (χ4n) is 8.44. The molecule has 0 bridgehead atoms. The first-order chi connectivity index (χ1) is 28.8. The van der Waals surface area contributed by atoms with Crippen LogP contribution < -0.4 is 5.32 Å². The summed E-state index contributed by atoms with van der Waals surface area (Å²) < 4.78 is 11.2. The first-order valence-corrected chi connectivity index (χ1v) is 25.3. The zero-order valence-electron chi connectivity index (χ0n) is 38.4. The van der Waals surface area contributed by atoms with Gasteiger partial charge in [0.15, 0.2) is 6.29 Å². The van der Waals surface area contributed by atoms with Crippen LogP contribution >= 0.6 is 0 Å². The van der Waals surface area contributed by atoms with Crippen molar-refractivity contribution < 1.29 is 44.9 Å². The second-order valence-corrected chi connectivity index (χ2v) is 18.1. The average molecular weight is 844 g/mol. The molecule has 1 saturated heterocycles. The average Bonchev–Trinajstić information content (AvgIpc) is 3.23. The third-order valence-electron chi connectivity index (χ3n) is 12.6. The van der Waals surface area contributed by atoms with Gasteiger partial charge in [-0.1, -0.05) is 226 Å². The zero-order valence-corrected chi connectivity index (χ0v) is 38.4. The van der Waals surface area contributed by atoms with Crippen molar-refractivity contribution in [3.63, 3.8) is 0 Å². The smallest absolute Gasteiger partial charge is 0.220 e. The molecule has 1 aliphatic rings. The van der Waals surface area contributed by atoms with Gasteiger partial charge < -0.3 is 45.4 Å². The monoisotopic (exact) mass is 844 g/mol. The van der Waals surface area contributed by atoms with Crippen LogP contribution in [0.4, 0.5) is 0 Å². The predicted octanol–water partition coefficient (Wildman–Crippen LogP) is 10.1. The Hall–Kier alpha value is -0.850. The van der Waals surface area contributed by atoms with E-state index in [1.54, 1.807) is 0 Å². The number of hydrogen-bond acceptors (Lipinski definition) is 9. The largest absolute Gasteiger partial charge is 0.394 e. The number of carbonyl (C=O) groups is 1. The summed E-state index contributed by atoms with van der Waals surface area (Å²) in [6, 6.07) is -0.984. The number of carbonyl (C=O) groups excluding carboxylic acids is 1. The summed E-state index contributed by atoms with van der Waals surface area (Å²) in [7, 11) is 0. The predicted molar refractivity (Wildman–Crippen MR) is 241 cm³/mol. The van der Waals surface area contributed by atoms with Crippen molar-refractivity contribution in [3.05, 3.63) is 0 Å². The van der Waals surface area contributed by atoms with E-state index in [0.29, 0.717) is 6.42 Å². The van der Waals surface area contributed by atoms with Crippen LogP contribution in [-0.2, 0) is 14.3 Å². The molecule has 0 spiro atoms. The number of aliphatic hydroxyl groups excluding tert-OH is 6. The van der Waals surface area contributed by atoms with Gasteiger partial charge in [0.1, 0.15) is 30.5 Å². The Morgan fingerprint density at radius 3 is 1.25 bits per heavy atom. The molecule has 0 radical (unpaired) electrons. The molecule has 0 saturated carbocycles. The summed E-state index contributed by atoms with van der Waals surface area (Å²) in [6.45, 7) is 3.63. The van der Waals surface area contributed by atoms with E-state index in [2.05, 4.69) is 19.2 Å². The lowest BCUT2D eigenvalue weighted by molar-refractivity contribution is -0.303. The molecular weight excluding hydrogens is 747 g/mol. The number of rotatable bonds is 43. The molecule has 1 aliphatic heterocycles. The topological polar surface area (TPSA) is 169 Å². The molecule has 10 heteroatoms. The van der Waals surface area contributed by atoms with E-state index in [1.807, 2.05) is 0 Å². The molecule has 0 aromatic heterocycles. The fraction of sp³-hybridized carbons (Fsp3) is 0.980. The molecule has 0 aromatic carbocycles. The molecule has 1 rings (SSSR count). The van der Waals surface area contributed by atoms with Gasteiger partial charge in [0.2, 0.25) is 5.91 Å². The SMILES string of the molecule is CCCCCCCCCCCCCCCCCCCCCCCC(=O)N[C@@H](COC1OC(CO)C(O)C(O)C1O)[C@H](O)[C@H](O)CCCCCCCCCCCCCCC. The highest BCUT2D eigenvalue weighted by atomic mass is 16.7. The molecule has 5 unspecified atom stereocenters. The maximum Gasteiger partial charge on any atom is 0.220 e. The lowest BCUT2D eigenvalue weighted by Crippen LogP contribution is -2.60. The first kappa shape index (κ1) is 56.2. The molecule has 59 heavy (non-hydrogen) atoms. The minimum atomic E-state index is -1.60. The Morgan fingerprint density at radius 2 is 0.881 bits per heavy atom. The highest BCUT2D eigenvalue weighted by Gasteiger charge is 2.44. The molecule has 1 heterocycles. The van der Waals surface area contributed by atoms with Crippen molar-refractivity contribution in [2.24, 2.45) is 0 Å². The molecular formula is C49H97NO9. The van der Waals surface area contributed by atoms with Gasteiger partial charge in [0.05, 0.1) is 25.4 Å². The lowest BCUT2D eigenvalue weighted by Gasteiger charge is -2.40. The van der Waals surface area contributed by atoms with Crippen molar-refractivity contribution in [3.8, 4) is 0 Å². The minimum absolute atomic E-state index is 0.252. The van der Waals surface area contributed by atoms with Gasteiger partial charge in [0.25, 0.3) is 0 Å². The van der Waals surface area contributed by atoms with E-state index in [-0.39, 0.29) is 18.9 Å². The molecule has 1 fully saturated rings. The zero-order chi connectivity index (χ0) is 43.2. The van der Waals surface area contributed by atoms with Crippen LogP contribution in [0, 0.1) is 0 Å². The molecule has 0 aliphatic carbocycles. The summed E-state index contributed by atoms with van der Waals surface area (Å²) in [4.78, 5) is 13.0. The van der Waals surface area contributed by atoms with E-state index in [0.717, 1.165) is 38.5 Å². The third-order valence-corrected chi connectivity index (χ3v) is 12.6. The van der Waals surface area contributed by atoms with E-state index < -0.39 is 55.6 Å². The van der Waals surface area contributed by atoms with E-state index in [4.69, 9.17) is 9.47 Å². The van der Waals surface area contributed by atoms with Crippen LogP contribution in [-0.4, -0.2) is 98.7 Å². The molecule has 8 atom stereocenters. The summed E-state index contributed by atoms with van der Waals surface area (Å²) in [5.41, 5.74) is 0. The molecule has 1 amide bonds. The molecule has 7 N–H and O–H groups in total. The number of hydrogen-bond donors (Lipinski definition) is 7. The maximum absolute atomic E-state index is 13.0. The van der Waals surface area contributed by atoms with Crippen molar-refractivity contribution in [2.45, 2.75) is 294 Å². The third kappa shape index (κ3) is 30.0. The van der Waals surface area contributed by atoms with Gasteiger partial charge in [-0.15, -0.1) is 0 Å². The Morgan fingerprint density at radius 1 is 0.525 bits per heavy atom. The standard InChI is InChI=1S/C49H97NO9/c1-3-5-7-9-11-13-15-17-18-19-20-21-22-23-24-26-28-30-32-34-36-38-44(53)50-41(40-58-49-48(57)47(56)46(55)43(39-51)59-49)45(54)42(52)37-35-33-31-29-27-25-16-14-12-10-8-6-4-2/h41-43,45-49,51-52,54-57H,3-40H2,1-2H3,(H,50,53)/t41-,42+,43?,45-,46?,47?,48?,49?/m0/s1. The molecule has 352 valence electrons. The fourth-order valence-corrected chi connectivity index (χ4v) is 8.44. The molecule has 10 nitrogen and oxygen atoms in total. The number of unbranched alkanes of at least 4 members (excludes halogenated alkanes) is 32. The van der Waals surface area contributed by atoms with E-state index >= 15 is 0 Å². The summed E-state index contributed by atoms with van der Waals surface area (Å²) in [5, 5.41) is 65.3. The van der Waals surface area contributed by atoms with Gasteiger partial charge >= 0.3 is 0 Å². The highest BCUT2D eigenvalue weighted by molar-refractivity contribution is 5.76. The Balaban J connectivity index is 2.30. The van der Waals surface area contributed by atoms with Crippen LogP contribution in [0.15, 0.2) is 0 Å². The van der Waals surface area contributed by atoms with Crippen molar-refractivity contribution >= 4 is 5.91 Å². The maximum atomic E-state index is 13.0. The number of ether oxygens (including phenoxy) is 2. The number of nitrogens with one attached hydrogen (secondary N) is 1. The van der Waals surface area contributed by atoms with Crippen molar-refractivity contribution in [1.29, 1.82) is 0 Å². The number of amides is 1. The summed E-state index contributed by atoms with van der Waals surface area (Å²) in [5.74, 6) is -0.252. The second kappa shape index (κ2) is 40.0. The van der Waals surface area contributed by atoms with E-state index in [1.165, 1.54) is 180 Å². The van der Waals surface area contributed by atoms with E-state index in [9.17, 15) is 35.4 Å². The van der Waals surface area contributed by atoms with Crippen LogP contribution in [0.5, 0.6) is 0 Å². The van der Waals surface area contributed by atoms with Crippen molar-refractivity contribution in [1.82, 2.24) is 5.32 Å². The van der Waals surface area contributed by atoms with Crippen LogP contribution in [0.25, 0.3) is 0 Å². The van der Waals surface area contributed by atoms with Gasteiger partial charge in [0, 0.05) is 6.42 Å². The van der Waals surface area contributed by atoms with Crippen LogP contribution in [0.3, 0.4) is 0 Å². The highest BCUT2D eigenvalue weighted by Crippen LogP contribution is 2.23. The second-order valence-electron chi connectivity index (χ2n) is 18.1. The van der Waals surface area contributed by atoms with Crippen LogP contribution in [0.2, 0.25) is 0 Å². The van der Waals surface area contributed by atoms with Gasteiger partial charge in [-0.05, 0) is 12.8 Å². The molecule has 0 aromatic rings. The van der Waals surface area contributed by atoms with Gasteiger partial charge in [-0.25, -0.2) is 0 Å². The summed E-state index contributed by atoms with van der Waals surface area (Å²) in [6.07, 6.45) is 34.0. The normalized spacial score (nSPS) is 21.1.